The van der Waals surface area contributed by atoms with Crippen LogP contribution in [0.4, 0.5) is 0 Å². The third-order valence-corrected chi connectivity index (χ3v) is 4.64. The van der Waals surface area contributed by atoms with Gasteiger partial charge in [-0.15, -0.1) is 0 Å². The Morgan fingerprint density at radius 2 is 1.78 bits per heavy atom. The number of nitrogens with one attached hydrogen (secondary N) is 1. The summed E-state index contributed by atoms with van der Waals surface area (Å²) < 4.78 is 10.6. The molecule has 2 aromatic carbocycles. The van der Waals surface area contributed by atoms with E-state index in [4.69, 9.17) is 9.47 Å². The molecule has 0 aromatic heterocycles. The van der Waals surface area contributed by atoms with Crippen molar-refractivity contribution in [1.29, 1.82) is 0 Å². The molecule has 0 bridgehead atoms. The van der Waals surface area contributed by atoms with Crippen LogP contribution in [0.25, 0.3) is 11.1 Å². The molecule has 2 aromatic rings. The molecule has 1 aliphatic heterocycles. The first kappa shape index (κ1) is 19.5. The molecule has 1 fully saturated rings. The summed E-state index contributed by atoms with van der Waals surface area (Å²) in [6.07, 6.45) is -4.68. The molecule has 3 rings (SSSR count). The summed E-state index contributed by atoms with van der Waals surface area (Å²) in [7, 11) is 1.36. The zero-order valence-electron chi connectivity index (χ0n) is 14.9. The van der Waals surface area contributed by atoms with Gasteiger partial charge in [0, 0.05) is 12.7 Å². The van der Waals surface area contributed by atoms with Gasteiger partial charge in [0.05, 0.1) is 6.61 Å². The molecule has 144 valence electrons. The average Bonchev–Trinajstić information content (AvgIpc) is 2.72. The zero-order valence-corrected chi connectivity index (χ0v) is 14.9. The minimum absolute atomic E-state index is 0.400. The molecular formula is C20H23NO6. The SMILES string of the molecule is COC1OC(CO)[C@@H](O)[C@H](O)[C@H]1NC(=O)c1cccc(-c2ccccc2)c1. The number of benzene rings is 2. The summed E-state index contributed by atoms with van der Waals surface area (Å²) >= 11 is 0. The van der Waals surface area contributed by atoms with Crippen molar-refractivity contribution in [1.82, 2.24) is 5.32 Å². The summed E-state index contributed by atoms with van der Waals surface area (Å²) in [6, 6.07) is 15.7. The second-order valence-corrected chi connectivity index (χ2v) is 6.39. The molecule has 1 amide bonds. The first-order valence-corrected chi connectivity index (χ1v) is 8.66. The van der Waals surface area contributed by atoms with E-state index < -0.39 is 43.2 Å². The number of hydrogen-bond acceptors (Lipinski definition) is 6. The number of carbonyl (C=O) groups excluding carboxylic acids is 1. The van der Waals surface area contributed by atoms with Gasteiger partial charge in [0.1, 0.15) is 24.4 Å². The van der Waals surface area contributed by atoms with E-state index in [0.29, 0.717) is 5.56 Å². The van der Waals surface area contributed by atoms with Crippen molar-refractivity contribution in [3.63, 3.8) is 0 Å². The molecule has 1 aliphatic rings. The number of carbonyl (C=O) groups is 1. The van der Waals surface area contributed by atoms with Crippen LogP contribution in [0.5, 0.6) is 0 Å². The Labute approximate surface area is 157 Å². The van der Waals surface area contributed by atoms with E-state index in [1.54, 1.807) is 18.2 Å². The maximum atomic E-state index is 12.7. The zero-order chi connectivity index (χ0) is 19.4. The molecular weight excluding hydrogens is 350 g/mol. The number of aliphatic hydroxyl groups is 3. The molecule has 27 heavy (non-hydrogen) atoms. The Balaban J connectivity index is 1.78. The van der Waals surface area contributed by atoms with Crippen LogP contribution in [0.3, 0.4) is 0 Å². The van der Waals surface area contributed by atoms with E-state index in [2.05, 4.69) is 5.32 Å². The predicted octanol–water partition coefficient (Wildman–Crippen LogP) is 0.537. The molecule has 1 heterocycles. The van der Waals surface area contributed by atoms with Gasteiger partial charge in [-0.1, -0.05) is 42.5 Å². The van der Waals surface area contributed by atoms with Gasteiger partial charge in [-0.25, -0.2) is 0 Å². The van der Waals surface area contributed by atoms with Crippen molar-refractivity contribution >= 4 is 5.91 Å². The highest BCUT2D eigenvalue weighted by atomic mass is 16.7. The minimum Gasteiger partial charge on any atom is -0.394 e. The number of ether oxygens (including phenoxy) is 2. The van der Waals surface area contributed by atoms with Gasteiger partial charge in [-0.3, -0.25) is 4.79 Å². The third-order valence-electron chi connectivity index (χ3n) is 4.64. The molecule has 0 spiro atoms. The summed E-state index contributed by atoms with van der Waals surface area (Å²) in [6.45, 7) is -0.474. The van der Waals surface area contributed by atoms with Gasteiger partial charge in [0.25, 0.3) is 5.91 Å². The maximum absolute atomic E-state index is 12.7. The average molecular weight is 373 g/mol. The van der Waals surface area contributed by atoms with Crippen LogP contribution >= 0.6 is 0 Å². The van der Waals surface area contributed by atoms with Crippen molar-refractivity contribution < 1.29 is 29.6 Å². The largest absolute Gasteiger partial charge is 0.394 e. The maximum Gasteiger partial charge on any atom is 0.251 e. The summed E-state index contributed by atoms with van der Waals surface area (Å²) in [4.78, 5) is 12.7. The van der Waals surface area contributed by atoms with Gasteiger partial charge < -0.3 is 30.1 Å². The number of rotatable bonds is 5. The van der Waals surface area contributed by atoms with E-state index in [1.165, 1.54) is 7.11 Å². The number of amides is 1. The number of methoxy groups -OCH3 is 1. The monoisotopic (exact) mass is 373 g/mol. The fraction of sp³-hybridized carbons (Fsp3) is 0.350. The van der Waals surface area contributed by atoms with Gasteiger partial charge in [0.2, 0.25) is 0 Å². The van der Waals surface area contributed by atoms with Crippen LogP contribution in [0.15, 0.2) is 54.6 Å². The van der Waals surface area contributed by atoms with Crippen LogP contribution < -0.4 is 5.32 Å². The molecule has 4 N–H and O–H groups in total. The minimum atomic E-state index is -1.35. The quantitative estimate of drug-likeness (QED) is 0.609. The molecule has 2 unspecified atom stereocenters. The summed E-state index contributed by atoms with van der Waals surface area (Å²) in [5, 5.41) is 32.3. The van der Waals surface area contributed by atoms with E-state index in [0.717, 1.165) is 11.1 Å². The topological polar surface area (TPSA) is 108 Å². The van der Waals surface area contributed by atoms with Gasteiger partial charge >= 0.3 is 0 Å². The molecule has 7 nitrogen and oxygen atoms in total. The van der Waals surface area contributed by atoms with E-state index in [1.807, 2.05) is 36.4 Å². The van der Waals surface area contributed by atoms with Gasteiger partial charge in [0.15, 0.2) is 6.29 Å². The molecule has 5 atom stereocenters. The van der Waals surface area contributed by atoms with Crippen molar-refractivity contribution in [3.05, 3.63) is 60.2 Å². The van der Waals surface area contributed by atoms with Crippen LogP contribution in [-0.2, 0) is 9.47 Å². The Hall–Kier alpha value is -2.29. The fourth-order valence-electron chi connectivity index (χ4n) is 3.14. The lowest BCUT2D eigenvalue weighted by atomic mass is 9.96. The lowest BCUT2D eigenvalue weighted by Gasteiger charge is -2.41. The molecule has 0 aliphatic carbocycles. The summed E-state index contributed by atoms with van der Waals surface area (Å²) in [5.41, 5.74) is 2.26. The van der Waals surface area contributed by atoms with Gasteiger partial charge in [-0.05, 0) is 23.3 Å². The standard InChI is InChI=1S/C20H23NO6/c1-26-20-16(18(24)17(23)15(11-22)27-20)21-19(25)14-9-5-8-13(10-14)12-6-3-2-4-7-12/h2-10,15-18,20,22-24H,11H2,1H3,(H,21,25)/t15?,16-,17-,18-,20?/m1/s1. The predicted molar refractivity (Wildman–Crippen MR) is 97.9 cm³/mol. The Bertz CT molecular complexity index is 766. The van der Waals surface area contributed by atoms with Crippen molar-refractivity contribution in [2.24, 2.45) is 0 Å². The van der Waals surface area contributed by atoms with E-state index in [9.17, 15) is 20.1 Å². The Kier molecular flexibility index (Phi) is 6.20. The van der Waals surface area contributed by atoms with Crippen LogP contribution in [0.1, 0.15) is 10.4 Å². The Morgan fingerprint density at radius 3 is 2.44 bits per heavy atom. The normalized spacial score (nSPS) is 27.9. The fourth-order valence-corrected chi connectivity index (χ4v) is 3.14. The van der Waals surface area contributed by atoms with Gasteiger partial charge in [-0.2, -0.15) is 0 Å². The van der Waals surface area contributed by atoms with Crippen LogP contribution in [0, 0.1) is 0 Å². The third kappa shape index (κ3) is 4.18. The highest BCUT2D eigenvalue weighted by Gasteiger charge is 2.45. The number of aliphatic hydroxyl groups excluding tert-OH is 3. The molecule has 7 heteroatoms. The summed E-state index contributed by atoms with van der Waals surface area (Å²) in [5.74, 6) is -0.433. The second-order valence-electron chi connectivity index (χ2n) is 6.39. The van der Waals surface area contributed by atoms with Crippen LogP contribution in [0.2, 0.25) is 0 Å². The molecule has 0 saturated carbocycles. The van der Waals surface area contributed by atoms with Crippen molar-refractivity contribution in [2.75, 3.05) is 13.7 Å². The van der Waals surface area contributed by atoms with E-state index >= 15 is 0 Å². The highest BCUT2D eigenvalue weighted by Crippen LogP contribution is 2.23. The second kappa shape index (κ2) is 8.60. The molecule has 0 radical (unpaired) electrons. The lowest BCUT2D eigenvalue weighted by molar-refractivity contribution is -0.261. The van der Waals surface area contributed by atoms with E-state index in [-0.39, 0.29) is 0 Å². The molecule has 1 saturated heterocycles. The highest BCUT2D eigenvalue weighted by molar-refractivity contribution is 5.95. The Morgan fingerprint density at radius 1 is 1.07 bits per heavy atom. The van der Waals surface area contributed by atoms with Crippen LogP contribution in [-0.4, -0.2) is 65.6 Å². The van der Waals surface area contributed by atoms with Crippen molar-refractivity contribution in [3.8, 4) is 11.1 Å². The first-order chi connectivity index (χ1) is 13.0. The smallest absolute Gasteiger partial charge is 0.251 e. The number of hydrogen-bond donors (Lipinski definition) is 4. The first-order valence-electron chi connectivity index (χ1n) is 8.66. The van der Waals surface area contributed by atoms with Crippen molar-refractivity contribution in [2.45, 2.75) is 30.6 Å². The lowest BCUT2D eigenvalue weighted by Crippen LogP contribution is -2.64.